The second kappa shape index (κ2) is 13.6. The maximum absolute atomic E-state index is 13.0. The van der Waals surface area contributed by atoms with Crippen molar-refractivity contribution in [3.8, 4) is 0 Å². The zero-order valence-electron chi connectivity index (χ0n) is 26.7. The summed E-state index contributed by atoms with van der Waals surface area (Å²) >= 11 is 0. The second-order valence-corrected chi connectivity index (χ2v) is 15.2. The molecule has 3 fully saturated rings. The number of amides is 2. The Morgan fingerprint density at radius 3 is 2.09 bits per heavy atom. The maximum Gasteiger partial charge on any atom is 0.314 e. The highest BCUT2D eigenvalue weighted by Gasteiger charge is 2.50. The number of piperidine rings is 1. The van der Waals surface area contributed by atoms with Gasteiger partial charge in [0.2, 0.25) is 9.84 Å². The molecule has 1 aliphatic carbocycles. The highest BCUT2D eigenvalue weighted by Crippen LogP contribution is 2.52. The molecular formula is C37H48N4O3S. The average molecular weight is 629 g/mol. The molecule has 2 aliphatic heterocycles. The van der Waals surface area contributed by atoms with E-state index in [2.05, 4.69) is 57.7 Å². The topological polar surface area (TPSA) is 81.8 Å². The molecule has 2 N–H and O–H groups in total. The van der Waals surface area contributed by atoms with E-state index in [0.717, 1.165) is 64.1 Å². The van der Waals surface area contributed by atoms with Crippen molar-refractivity contribution in [3.63, 3.8) is 0 Å². The molecule has 240 valence electrons. The molecule has 3 atom stereocenters. The number of hydrogen-bond donors (Lipinski definition) is 2. The number of carbonyl (C=O) groups excluding carboxylic acids is 1. The maximum atomic E-state index is 13.0. The molecule has 3 aromatic carbocycles. The first-order valence-corrected chi connectivity index (χ1v) is 18.2. The molecule has 3 aromatic rings. The molecule has 0 spiro atoms. The van der Waals surface area contributed by atoms with Gasteiger partial charge >= 0.3 is 6.03 Å². The van der Waals surface area contributed by atoms with Gasteiger partial charge in [-0.15, -0.1) is 0 Å². The molecule has 45 heavy (non-hydrogen) atoms. The third kappa shape index (κ3) is 6.36. The van der Waals surface area contributed by atoms with E-state index in [0.29, 0.717) is 27.5 Å². The lowest BCUT2D eigenvalue weighted by molar-refractivity contribution is 0.0654. The molecular weight excluding hydrogens is 580 g/mol. The minimum atomic E-state index is -3.50. The third-order valence-electron chi connectivity index (χ3n) is 11.0. The zero-order chi connectivity index (χ0) is 31.4. The van der Waals surface area contributed by atoms with Crippen molar-refractivity contribution in [1.82, 2.24) is 15.5 Å². The Kier molecular flexibility index (Phi) is 9.52. The number of nitrogens with one attached hydrogen (secondary N) is 2. The third-order valence-corrected chi connectivity index (χ3v) is 12.8. The van der Waals surface area contributed by atoms with Crippen LogP contribution in [0.3, 0.4) is 0 Å². The Balaban J connectivity index is 1.06. The van der Waals surface area contributed by atoms with Gasteiger partial charge in [0.15, 0.2) is 0 Å². The van der Waals surface area contributed by atoms with Gasteiger partial charge in [-0.2, -0.15) is 0 Å². The lowest BCUT2D eigenvalue weighted by atomic mass is 9.57. The summed E-state index contributed by atoms with van der Waals surface area (Å²) in [6.07, 6.45) is 6.82. The average Bonchev–Trinajstić information content (AvgIpc) is 3.53. The number of rotatable bonds is 10. The number of sulfone groups is 1. The smallest absolute Gasteiger partial charge is 0.314 e. The summed E-state index contributed by atoms with van der Waals surface area (Å²) in [5, 5.41) is 6.10. The van der Waals surface area contributed by atoms with Crippen LogP contribution in [-0.4, -0.2) is 65.2 Å². The van der Waals surface area contributed by atoms with E-state index in [9.17, 15) is 13.2 Å². The fourth-order valence-electron chi connectivity index (χ4n) is 8.71. The molecule has 0 radical (unpaired) electrons. The van der Waals surface area contributed by atoms with Crippen LogP contribution in [0.2, 0.25) is 0 Å². The minimum Gasteiger partial charge on any atom is -0.371 e. The normalized spacial score (nSPS) is 22.8. The lowest BCUT2D eigenvalue weighted by Gasteiger charge is -2.51. The van der Waals surface area contributed by atoms with Crippen LogP contribution in [0.5, 0.6) is 0 Å². The first-order valence-electron chi connectivity index (χ1n) is 16.8. The Bertz CT molecular complexity index is 1520. The van der Waals surface area contributed by atoms with Crippen molar-refractivity contribution in [2.45, 2.75) is 66.7 Å². The molecule has 0 aromatic heterocycles. The van der Waals surface area contributed by atoms with E-state index in [1.165, 1.54) is 18.4 Å². The Labute approximate surface area is 269 Å². The molecule has 6 rings (SSSR count). The quantitative estimate of drug-likeness (QED) is 0.283. The first-order chi connectivity index (χ1) is 21.8. The van der Waals surface area contributed by atoms with Crippen molar-refractivity contribution >= 4 is 21.6 Å². The highest BCUT2D eigenvalue weighted by molar-refractivity contribution is 7.91. The number of carbonyl (C=O) groups is 1. The van der Waals surface area contributed by atoms with Crippen LogP contribution in [-0.2, 0) is 15.3 Å². The predicted octanol–water partition coefficient (Wildman–Crippen LogP) is 6.11. The van der Waals surface area contributed by atoms with Crippen molar-refractivity contribution in [2.75, 3.05) is 44.7 Å². The van der Waals surface area contributed by atoms with Gasteiger partial charge in [0.25, 0.3) is 0 Å². The van der Waals surface area contributed by atoms with Crippen molar-refractivity contribution in [1.29, 1.82) is 0 Å². The predicted molar refractivity (Wildman–Crippen MR) is 180 cm³/mol. The number of urea groups is 1. The van der Waals surface area contributed by atoms with Crippen LogP contribution in [0, 0.1) is 17.8 Å². The molecule has 3 aliphatic rings. The molecule has 2 heterocycles. The summed E-state index contributed by atoms with van der Waals surface area (Å²) < 4.78 is 25.9. The molecule has 2 amide bonds. The number of likely N-dealkylation sites (tertiary alicyclic amines) is 1. The number of hydrogen-bond acceptors (Lipinski definition) is 5. The fraction of sp³-hybridized carbons (Fsp3) is 0.486. The SMILES string of the molecule is CCC(c1ccccc1)(C1CCN(CC2CN(c3ccc(S(=O)(=O)c4ccccc4)cc3)C2)CC1)[C@@H]1CCC[C@H]1NC(=O)NC. The van der Waals surface area contributed by atoms with E-state index >= 15 is 0 Å². The van der Waals surface area contributed by atoms with E-state index in [4.69, 9.17) is 0 Å². The standard InChI is InChI=1S/C37H48N4O3S/c1-3-37(29-11-6-4-7-12-29,34-15-10-16-35(34)39-36(42)38-2)30-21-23-40(24-22-30)25-28-26-41(27-28)31-17-19-33(20-18-31)45(43,44)32-13-8-5-9-14-32/h4-9,11-14,17-20,28,30,34-35H,3,10,15-16,21-27H2,1-2H3,(H2,38,39,42)/t34-,35-,37?/m1/s1. The number of anilines is 1. The number of nitrogens with zero attached hydrogens (tertiary/aromatic N) is 2. The van der Waals surface area contributed by atoms with Crippen LogP contribution < -0.4 is 15.5 Å². The summed E-state index contributed by atoms with van der Waals surface area (Å²) in [5.41, 5.74) is 2.59. The van der Waals surface area contributed by atoms with Gasteiger partial charge in [-0.25, -0.2) is 13.2 Å². The van der Waals surface area contributed by atoms with E-state index in [1.54, 1.807) is 43.4 Å². The van der Waals surface area contributed by atoms with Gasteiger partial charge in [-0.05, 0) is 99.0 Å². The van der Waals surface area contributed by atoms with E-state index in [1.807, 2.05) is 18.2 Å². The van der Waals surface area contributed by atoms with Gasteiger partial charge in [-0.1, -0.05) is 61.9 Å². The summed E-state index contributed by atoms with van der Waals surface area (Å²) in [6.45, 7) is 7.70. The van der Waals surface area contributed by atoms with Crippen molar-refractivity contribution < 1.29 is 13.2 Å². The van der Waals surface area contributed by atoms with Gasteiger partial charge < -0.3 is 20.4 Å². The molecule has 8 heteroatoms. The molecule has 2 saturated heterocycles. The van der Waals surface area contributed by atoms with Crippen molar-refractivity contribution in [3.05, 3.63) is 90.5 Å². The zero-order valence-corrected chi connectivity index (χ0v) is 27.5. The molecule has 1 unspecified atom stereocenters. The van der Waals surface area contributed by atoms with Gasteiger partial charge in [-0.3, -0.25) is 0 Å². The Morgan fingerprint density at radius 1 is 0.844 bits per heavy atom. The summed E-state index contributed by atoms with van der Waals surface area (Å²) in [5.74, 6) is 1.64. The van der Waals surface area contributed by atoms with Crippen molar-refractivity contribution in [2.24, 2.45) is 17.8 Å². The fourth-order valence-corrected chi connectivity index (χ4v) is 9.99. The monoisotopic (exact) mass is 628 g/mol. The molecule has 1 saturated carbocycles. The van der Waals surface area contributed by atoms with Crippen LogP contribution in [0.15, 0.2) is 94.7 Å². The van der Waals surface area contributed by atoms with Crippen LogP contribution in [0.1, 0.15) is 51.0 Å². The first kappa shape index (κ1) is 31.6. The minimum absolute atomic E-state index is 0.0585. The Morgan fingerprint density at radius 2 is 1.47 bits per heavy atom. The van der Waals surface area contributed by atoms with Crippen LogP contribution in [0.4, 0.5) is 10.5 Å². The van der Waals surface area contributed by atoms with Gasteiger partial charge in [0.05, 0.1) is 9.79 Å². The molecule has 0 bridgehead atoms. The summed E-state index contributed by atoms with van der Waals surface area (Å²) in [7, 11) is -1.79. The van der Waals surface area contributed by atoms with Crippen LogP contribution >= 0.6 is 0 Å². The van der Waals surface area contributed by atoms with Gasteiger partial charge in [0.1, 0.15) is 0 Å². The number of benzene rings is 3. The highest BCUT2D eigenvalue weighted by atomic mass is 32.2. The van der Waals surface area contributed by atoms with Crippen LogP contribution in [0.25, 0.3) is 0 Å². The Hall–Kier alpha value is -3.36. The lowest BCUT2D eigenvalue weighted by Crippen LogP contribution is -2.55. The largest absolute Gasteiger partial charge is 0.371 e. The van der Waals surface area contributed by atoms with E-state index in [-0.39, 0.29) is 17.5 Å². The summed E-state index contributed by atoms with van der Waals surface area (Å²) in [4.78, 5) is 18.1. The van der Waals surface area contributed by atoms with E-state index < -0.39 is 9.84 Å². The van der Waals surface area contributed by atoms with Gasteiger partial charge in [0, 0.05) is 49.7 Å². The summed E-state index contributed by atoms with van der Waals surface area (Å²) in [6, 6.07) is 27.3. The second-order valence-electron chi connectivity index (χ2n) is 13.3. The molecule has 7 nitrogen and oxygen atoms in total.